The van der Waals surface area contributed by atoms with Crippen LogP contribution in [0.5, 0.6) is 0 Å². The fourth-order valence-electron chi connectivity index (χ4n) is 3.05. The number of carbonyl (C=O) groups excluding carboxylic acids is 2. The van der Waals surface area contributed by atoms with Crippen molar-refractivity contribution in [2.75, 3.05) is 17.6 Å². The predicted molar refractivity (Wildman–Crippen MR) is 113 cm³/mol. The second kappa shape index (κ2) is 9.26. The number of nitrogens with zero attached hydrogens (tertiary/aromatic N) is 1. The van der Waals surface area contributed by atoms with Gasteiger partial charge in [-0.15, -0.1) is 0 Å². The van der Waals surface area contributed by atoms with E-state index in [1.807, 2.05) is 19.9 Å². The smallest absolute Gasteiger partial charge is 0.340 e. The van der Waals surface area contributed by atoms with Crippen LogP contribution in [0.2, 0.25) is 0 Å². The third-order valence-electron chi connectivity index (χ3n) is 4.58. The van der Waals surface area contributed by atoms with Crippen LogP contribution in [0.25, 0.3) is 0 Å². The largest absolute Gasteiger partial charge is 0.454 e. The van der Waals surface area contributed by atoms with E-state index in [-0.39, 0.29) is 17.0 Å². The van der Waals surface area contributed by atoms with Crippen LogP contribution in [-0.2, 0) is 21.3 Å². The van der Waals surface area contributed by atoms with Gasteiger partial charge in [-0.05, 0) is 44.4 Å². The van der Waals surface area contributed by atoms with Gasteiger partial charge in [0.25, 0.3) is 0 Å². The lowest BCUT2D eigenvalue weighted by Gasteiger charge is -2.12. The highest BCUT2D eigenvalue weighted by Gasteiger charge is 2.20. The molecule has 1 aromatic heterocycles. The lowest BCUT2D eigenvalue weighted by molar-refractivity contribution is 0.0475. The quantitative estimate of drug-likeness (QED) is 0.494. The van der Waals surface area contributed by atoms with E-state index in [9.17, 15) is 18.0 Å². The van der Waals surface area contributed by atoms with E-state index in [0.717, 1.165) is 30.6 Å². The summed E-state index contributed by atoms with van der Waals surface area (Å²) in [6.07, 6.45) is 2.00. The van der Waals surface area contributed by atoms with Crippen molar-refractivity contribution in [3.8, 4) is 0 Å². The molecule has 1 N–H and O–H groups in total. The molecule has 2 rings (SSSR count). The zero-order valence-corrected chi connectivity index (χ0v) is 18.3. The van der Waals surface area contributed by atoms with Crippen molar-refractivity contribution < 1.29 is 22.7 Å². The van der Waals surface area contributed by atoms with Crippen molar-refractivity contribution in [3.63, 3.8) is 0 Å². The highest BCUT2D eigenvalue weighted by Crippen LogP contribution is 2.20. The van der Waals surface area contributed by atoms with Gasteiger partial charge in [-0.25, -0.2) is 13.2 Å². The number of Topliss-reactive ketones (excluding diaryl/α,β-unsaturated/α-hetero) is 1. The Balaban J connectivity index is 2.10. The van der Waals surface area contributed by atoms with E-state index in [1.165, 1.54) is 12.1 Å². The Hall–Kier alpha value is -2.61. The van der Waals surface area contributed by atoms with Crippen LogP contribution in [0.15, 0.2) is 30.3 Å². The van der Waals surface area contributed by atoms with Crippen LogP contribution in [0.1, 0.15) is 52.4 Å². The lowest BCUT2D eigenvalue weighted by atomic mass is 10.1. The maximum atomic E-state index is 12.6. The van der Waals surface area contributed by atoms with Crippen molar-refractivity contribution in [2.45, 2.75) is 40.7 Å². The monoisotopic (exact) mass is 420 g/mol. The standard InChI is InChI=1S/C21H28N2O5S/c1-14(2)10-11-23-15(3)12-18(16(23)4)20(24)13-28-21(25)17-8-6-7-9-19(17)22-29(5,26)27/h6-9,12,14,22H,10-11,13H2,1-5H3. The molecule has 0 aliphatic carbocycles. The van der Waals surface area contributed by atoms with Gasteiger partial charge in [0.2, 0.25) is 15.8 Å². The molecule has 7 nitrogen and oxygen atoms in total. The van der Waals surface area contributed by atoms with Gasteiger partial charge < -0.3 is 9.30 Å². The zero-order valence-electron chi connectivity index (χ0n) is 17.5. The van der Waals surface area contributed by atoms with Gasteiger partial charge in [-0.1, -0.05) is 26.0 Å². The molecule has 0 radical (unpaired) electrons. The highest BCUT2D eigenvalue weighted by molar-refractivity contribution is 7.92. The number of para-hydroxylation sites is 1. The number of carbonyl (C=O) groups is 2. The Labute approximate surface area is 172 Å². The van der Waals surface area contributed by atoms with Crippen molar-refractivity contribution >= 4 is 27.5 Å². The number of aromatic nitrogens is 1. The average Bonchev–Trinajstić information content (AvgIpc) is 2.90. The molecule has 0 spiro atoms. The topological polar surface area (TPSA) is 94.5 Å². The number of esters is 1. The fourth-order valence-corrected chi connectivity index (χ4v) is 3.63. The molecule has 0 fully saturated rings. The summed E-state index contributed by atoms with van der Waals surface area (Å²) in [7, 11) is -3.55. The van der Waals surface area contributed by atoms with Crippen LogP contribution >= 0.6 is 0 Å². The minimum atomic E-state index is -3.55. The first-order valence-electron chi connectivity index (χ1n) is 9.43. The summed E-state index contributed by atoms with van der Waals surface area (Å²) in [6.45, 7) is 8.54. The van der Waals surface area contributed by atoms with Gasteiger partial charge in [0, 0.05) is 23.5 Å². The second-order valence-corrected chi connectivity index (χ2v) is 9.29. The van der Waals surface area contributed by atoms with Crippen LogP contribution in [0.4, 0.5) is 5.69 Å². The molecular weight excluding hydrogens is 392 g/mol. The third-order valence-corrected chi connectivity index (χ3v) is 5.17. The summed E-state index contributed by atoms with van der Waals surface area (Å²) < 4.78 is 32.5. The van der Waals surface area contributed by atoms with Crippen molar-refractivity contribution in [2.24, 2.45) is 5.92 Å². The highest BCUT2D eigenvalue weighted by atomic mass is 32.2. The van der Waals surface area contributed by atoms with E-state index in [2.05, 4.69) is 23.1 Å². The number of anilines is 1. The summed E-state index contributed by atoms with van der Waals surface area (Å²) in [5, 5.41) is 0. The molecule has 1 aromatic carbocycles. The van der Waals surface area contributed by atoms with Crippen molar-refractivity contribution in [1.29, 1.82) is 0 Å². The van der Waals surface area contributed by atoms with Gasteiger partial charge >= 0.3 is 5.97 Å². The SMILES string of the molecule is Cc1cc(C(=O)COC(=O)c2ccccc2NS(C)(=O)=O)c(C)n1CCC(C)C. The van der Waals surface area contributed by atoms with Gasteiger partial charge in [-0.2, -0.15) is 0 Å². The van der Waals surface area contributed by atoms with E-state index in [4.69, 9.17) is 4.74 Å². The van der Waals surface area contributed by atoms with Gasteiger partial charge in [0.05, 0.1) is 17.5 Å². The van der Waals surface area contributed by atoms with Crippen molar-refractivity contribution in [3.05, 3.63) is 52.8 Å². The molecule has 0 atom stereocenters. The van der Waals surface area contributed by atoms with E-state index >= 15 is 0 Å². The number of sulfonamides is 1. The molecule has 0 bridgehead atoms. The number of benzene rings is 1. The Morgan fingerprint density at radius 2 is 1.79 bits per heavy atom. The summed E-state index contributed by atoms with van der Waals surface area (Å²) in [5.74, 6) is -0.508. The number of aryl methyl sites for hydroxylation is 1. The van der Waals surface area contributed by atoms with Crippen LogP contribution in [-0.4, -0.2) is 37.6 Å². The molecule has 1 heterocycles. The van der Waals surface area contributed by atoms with Crippen LogP contribution in [0.3, 0.4) is 0 Å². The maximum Gasteiger partial charge on any atom is 0.340 e. The van der Waals surface area contributed by atoms with Gasteiger partial charge in [0.15, 0.2) is 6.61 Å². The molecule has 0 amide bonds. The van der Waals surface area contributed by atoms with Crippen LogP contribution in [0, 0.1) is 19.8 Å². The normalized spacial score (nSPS) is 11.5. The molecule has 29 heavy (non-hydrogen) atoms. The third kappa shape index (κ3) is 6.19. The Morgan fingerprint density at radius 1 is 1.14 bits per heavy atom. The molecule has 0 saturated heterocycles. The van der Waals surface area contributed by atoms with Gasteiger partial charge in [-0.3, -0.25) is 9.52 Å². The summed E-state index contributed by atoms with van der Waals surface area (Å²) >= 11 is 0. The summed E-state index contributed by atoms with van der Waals surface area (Å²) in [5.41, 5.74) is 2.53. The first-order chi connectivity index (χ1) is 13.5. The molecular formula is C21H28N2O5S. The molecule has 2 aromatic rings. The second-order valence-electron chi connectivity index (χ2n) is 7.54. The van der Waals surface area contributed by atoms with E-state index < -0.39 is 22.6 Å². The Morgan fingerprint density at radius 3 is 2.41 bits per heavy atom. The predicted octanol–water partition coefficient (Wildman–Crippen LogP) is 3.56. The molecule has 0 saturated carbocycles. The minimum absolute atomic E-state index is 0.0492. The Bertz CT molecular complexity index is 1010. The number of hydrogen-bond donors (Lipinski definition) is 1. The summed E-state index contributed by atoms with van der Waals surface area (Å²) in [6, 6.07) is 7.90. The minimum Gasteiger partial charge on any atom is -0.454 e. The maximum absolute atomic E-state index is 12.6. The number of ketones is 1. The number of ether oxygens (including phenoxy) is 1. The number of rotatable bonds is 9. The van der Waals surface area contributed by atoms with Gasteiger partial charge in [0.1, 0.15) is 0 Å². The van der Waals surface area contributed by atoms with Crippen LogP contribution < -0.4 is 4.72 Å². The fraction of sp³-hybridized carbons (Fsp3) is 0.429. The summed E-state index contributed by atoms with van der Waals surface area (Å²) in [4.78, 5) is 25.0. The lowest BCUT2D eigenvalue weighted by Crippen LogP contribution is -2.18. The van der Waals surface area contributed by atoms with E-state index in [0.29, 0.717) is 11.5 Å². The molecule has 0 aliphatic heterocycles. The Kier molecular flexibility index (Phi) is 7.24. The first kappa shape index (κ1) is 22.7. The molecule has 158 valence electrons. The number of nitrogens with one attached hydrogen (secondary N) is 1. The zero-order chi connectivity index (χ0) is 21.8. The average molecular weight is 421 g/mol. The first-order valence-corrected chi connectivity index (χ1v) is 11.3. The molecule has 0 unspecified atom stereocenters. The number of hydrogen-bond acceptors (Lipinski definition) is 5. The molecule has 0 aliphatic rings. The van der Waals surface area contributed by atoms with E-state index in [1.54, 1.807) is 12.1 Å². The van der Waals surface area contributed by atoms with Crippen molar-refractivity contribution in [1.82, 2.24) is 4.57 Å². The molecule has 8 heteroatoms.